The highest BCUT2D eigenvalue weighted by Gasteiger charge is 2.08. The number of aromatic nitrogens is 1. The summed E-state index contributed by atoms with van der Waals surface area (Å²) < 4.78 is 0. The van der Waals surface area contributed by atoms with Crippen molar-refractivity contribution in [1.82, 2.24) is 4.98 Å². The first-order chi connectivity index (χ1) is 12.1. The number of nitrogens with zero attached hydrogens (tertiary/aromatic N) is 1. The summed E-state index contributed by atoms with van der Waals surface area (Å²) in [5, 5.41) is 6.53. The second-order valence-corrected chi connectivity index (χ2v) is 6.12. The van der Waals surface area contributed by atoms with Crippen LogP contribution in [0.1, 0.15) is 21.5 Å². The van der Waals surface area contributed by atoms with Crippen LogP contribution in [-0.2, 0) is 6.54 Å². The van der Waals surface area contributed by atoms with Gasteiger partial charge in [0.05, 0.1) is 16.3 Å². The molecule has 1 heterocycles. The average molecular weight is 352 g/mol. The summed E-state index contributed by atoms with van der Waals surface area (Å²) in [6.45, 7) is 2.74. The van der Waals surface area contributed by atoms with Crippen LogP contribution in [0.25, 0.3) is 0 Å². The number of pyridine rings is 1. The zero-order valence-electron chi connectivity index (χ0n) is 13.8. The van der Waals surface area contributed by atoms with Gasteiger partial charge in [0.25, 0.3) is 5.91 Å². The Bertz CT molecular complexity index is 878. The first kappa shape index (κ1) is 17.0. The molecule has 2 N–H and O–H groups in total. The summed E-state index contributed by atoms with van der Waals surface area (Å²) >= 11 is 6.05. The van der Waals surface area contributed by atoms with Gasteiger partial charge in [-0.25, -0.2) is 4.98 Å². The molecule has 0 unspecified atom stereocenters. The second-order valence-electron chi connectivity index (χ2n) is 5.71. The lowest BCUT2D eigenvalue weighted by atomic mass is 10.1. The van der Waals surface area contributed by atoms with Gasteiger partial charge >= 0.3 is 0 Å². The van der Waals surface area contributed by atoms with Gasteiger partial charge in [0.1, 0.15) is 5.82 Å². The molecule has 4 nitrogen and oxygen atoms in total. The number of carbonyl (C=O) groups is 1. The number of para-hydroxylation sites is 1. The molecule has 0 aliphatic carbocycles. The molecule has 0 saturated heterocycles. The van der Waals surface area contributed by atoms with Crippen molar-refractivity contribution in [2.75, 3.05) is 10.6 Å². The minimum absolute atomic E-state index is 0.245. The van der Waals surface area contributed by atoms with Crippen molar-refractivity contribution in [2.24, 2.45) is 0 Å². The Morgan fingerprint density at radius 3 is 2.64 bits per heavy atom. The fraction of sp³-hybridized carbons (Fsp3) is 0.100. The van der Waals surface area contributed by atoms with Gasteiger partial charge in [0.15, 0.2) is 0 Å². The van der Waals surface area contributed by atoms with Gasteiger partial charge in [-0.15, -0.1) is 0 Å². The van der Waals surface area contributed by atoms with Crippen LogP contribution in [0.2, 0.25) is 5.02 Å². The molecule has 0 aliphatic heterocycles. The van der Waals surface area contributed by atoms with Crippen molar-refractivity contribution in [3.8, 4) is 0 Å². The topological polar surface area (TPSA) is 54.0 Å². The monoisotopic (exact) mass is 351 g/mol. The minimum atomic E-state index is -0.245. The molecule has 3 aromatic rings. The van der Waals surface area contributed by atoms with Crippen LogP contribution in [0, 0.1) is 6.92 Å². The Balaban J connectivity index is 1.61. The lowest BCUT2D eigenvalue weighted by Crippen LogP contribution is -2.12. The molecule has 3 rings (SSSR count). The number of aryl methyl sites for hydroxylation is 1. The predicted molar refractivity (Wildman–Crippen MR) is 102 cm³/mol. The van der Waals surface area contributed by atoms with Gasteiger partial charge in [-0.2, -0.15) is 0 Å². The van der Waals surface area contributed by atoms with Gasteiger partial charge in [0.2, 0.25) is 0 Å². The maximum atomic E-state index is 12.3. The van der Waals surface area contributed by atoms with E-state index in [0.717, 1.165) is 5.82 Å². The van der Waals surface area contributed by atoms with Gasteiger partial charge in [-0.05, 0) is 36.8 Å². The summed E-state index contributed by atoms with van der Waals surface area (Å²) in [7, 11) is 0. The standard InChI is InChI=1S/C20H18ClN3O/c1-14-5-4-6-15(11-14)12-22-19-10-9-16(13-23-19)20(25)24-18-8-3-2-7-17(18)21/h2-11,13H,12H2,1H3,(H,22,23)(H,24,25). The highest BCUT2D eigenvalue weighted by atomic mass is 35.5. The van der Waals surface area contributed by atoms with E-state index in [1.807, 2.05) is 18.2 Å². The molecular weight excluding hydrogens is 334 g/mol. The first-order valence-corrected chi connectivity index (χ1v) is 8.31. The Morgan fingerprint density at radius 2 is 1.92 bits per heavy atom. The van der Waals surface area contributed by atoms with E-state index in [4.69, 9.17) is 11.6 Å². The van der Waals surface area contributed by atoms with Crippen LogP contribution in [0.5, 0.6) is 0 Å². The molecule has 2 aromatic carbocycles. The molecular formula is C20H18ClN3O. The van der Waals surface area contributed by atoms with Crippen molar-refractivity contribution < 1.29 is 4.79 Å². The maximum absolute atomic E-state index is 12.3. The number of carbonyl (C=O) groups excluding carboxylic acids is 1. The maximum Gasteiger partial charge on any atom is 0.257 e. The molecule has 0 fully saturated rings. The number of hydrogen-bond acceptors (Lipinski definition) is 3. The van der Waals surface area contributed by atoms with Crippen molar-refractivity contribution in [3.63, 3.8) is 0 Å². The summed E-state index contributed by atoms with van der Waals surface area (Å²) in [5.74, 6) is 0.474. The van der Waals surface area contributed by atoms with Crippen LogP contribution < -0.4 is 10.6 Å². The number of halogens is 1. The Morgan fingerprint density at radius 1 is 1.08 bits per heavy atom. The zero-order valence-corrected chi connectivity index (χ0v) is 14.5. The third-order valence-corrected chi connectivity index (χ3v) is 4.03. The van der Waals surface area contributed by atoms with Crippen molar-refractivity contribution in [1.29, 1.82) is 0 Å². The van der Waals surface area contributed by atoms with E-state index in [9.17, 15) is 4.79 Å². The molecule has 0 bridgehead atoms. The number of benzene rings is 2. The molecule has 5 heteroatoms. The molecule has 0 radical (unpaired) electrons. The molecule has 126 valence electrons. The lowest BCUT2D eigenvalue weighted by Gasteiger charge is -2.09. The van der Waals surface area contributed by atoms with Crippen LogP contribution >= 0.6 is 11.6 Å². The van der Waals surface area contributed by atoms with Gasteiger partial charge in [-0.1, -0.05) is 53.6 Å². The predicted octanol–water partition coefficient (Wildman–Crippen LogP) is 4.91. The summed E-state index contributed by atoms with van der Waals surface area (Å²) in [6, 6.07) is 18.9. The number of amides is 1. The highest BCUT2D eigenvalue weighted by molar-refractivity contribution is 6.33. The molecule has 1 amide bonds. The fourth-order valence-electron chi connectivity index (χ4n) is 2.40. The van der Waals surface area contributed by atoms with E-state index in [1.165, 1.54) is 11.1 Å². The molecule has 1 aromatic heterocycles. The van der Waals surface area contributed by atoms with Crippen LogP contribution in [0.4, 0.5) is 11.5 Å². The normalized spacial score (nSPS) is 10.3. The van der Waals surface area contributed by atoms with E-state index in [-0.39, 0.29) is 5.91 Å². The SMILES string of the molecule is Cc1cccc(CNc2ccc(C(=O)Nc3ccccc3Cl)cn2)c1. The summed E-state index contributed by atoms with van der Waals surface area (Å²) in [5.41, 5.74) is 3.46. The Labute approximate surface area is 151 Å². The van der Waals surface area contributed by atoms with Gasteiger partial charge in [-0.3, -0.25) is 4.79 Å². The smallest absolute Gasteiger partial charge is 0.257 e. The summed E-state index contributed by atoms with van der Waals surface area (Å²) in [4.78, 5) is 16.6. The van der Waals surface area contributed by atoms with E-state index >= 15 is 0 Å². The van der Waals surface area contributed by atoms with Gasteiger partial charge < -0.3 is 10.6 Å². The van der Waals surface area contributed by atoms with Crippen LogP contribution in [0.3, 0.4) is 0 Å². The van der Waals surface area contributed by atoms with Crippen molar-refractivity contribution >= 4 is 29.0 Å². The average Bonchev–Trinajstić information content (AvgIpc) is 2.62. The van der Waals surface area contributed by atoms with Gasteiger partial charge in [0, 0.05) is 12.7 Å². The highest BCUT2D eigenvalue weighted by Crippen LogP contribution is 2.21. The first-order valence-electron chi connectivity index (χ1n) is 7.93. The van der Waals surface area contributed by atoms with E-state index < -0.39 is 0 Å². The van der Waals surface area contributed by atoms with Crippen LogP contribution in [-0.4, -0.2) is 10.9 Å². The summed E-state index contributed by atoms with van der Waals surface area (Å²) in [6.07, 6.45) is 1.55. The third kappa shape index (κ3) is 4.58. The van der Waals surface area contributed by atoms with Crippen molar-refractivity contribution in [3.05, 3.63) is 88.6 Å². The quantitative estimate of drug-likeness (QED) is 0.686. The fourth-order valence-corrected chi connectivity index (χ4v) is 2.59. The Kier molecular flexibility index (Phi) is 5.31. The molecule has 0 saturated carbocycles. The number of hydrogen-bond donors (Lipinski definition) is 2. The molecule has 0 atom stereocenters. The van der Waals surface area contributed by atoms with Crippen LogP contribution in [0.15, 0.2) is 66.9 Å². The largest absolute Gasteiger partial charge is 0.366 e. The zero-order chi connectivity index (χ0) is 17.6. The van der Waals surface area contributed by atoms with E-state index in [0.29, 0.717) is 22.8 Å². The third-order valence-electron chi connectivity index (χ3n) is 3.70. The molecule has 0 aliphatic rings. The van der Waals surface area contributed by atoms with E-state index in [2.05, 4.69) is 40.7 Å². The van der Waals surface area contributed by atoms with Crippen molar-refractivity contribution in [2.45, 2.75) is 13.5 Å². The minimum Gasteiger partial charge on any atom is -0.366 e. The number of anilines is 2. The Hall–Kier alpha value is -2.85. The molecule has 0 spiro atoms. The lowest BCUT2D eigenvalue weighted by molar-refractivity contribution is 0.102. The second kappa shape index (κ2) is 7.81. The molecule has 25 heavy (non-hydrogen) atoms. The van der Waals surface area contributed by atoms with E-state index in [1.54, 1.807) is 30.5 Å². The number of rotatable bonds is 5. The number of nitrogens with one attached hydrogen (secondary N) is 2.